The first-order valence-electron chi connectivity index (χ1n) is 30.8. The van der Waals surface area contributed by atoms with Crippen LogP contribution < -0.4 is 0 Å². The first-order chi connectivity index (χ1) is 39.6. The molecule has 1 heterocycles. The molecule has 0 amide bonds. The molecular formula is C69H106O12. The smallest absolute Gasteiger partial charge is 0.335 e. The van der Waals surface area contributed by atoms with Crippen LogP contribution in [0.2, 0.25) is 0 Å². The highest BCUT2D eigenvalue weighted by atomic mass is 16.7. The van der Waals surface area contributed by atoms with Crippen LogP contribution in [-0.4, -0.2) is 89.2 Å². The van der Waals surface area contributed by atoms with Gasteiger partial charge in [0.25, 0.3) is 0 Å². The average molecular weight is 1130 g/mol. The van der Waals surface area contributed by atoms with Gasteiger partial charge < -0.3 is 39.0 Å². The van der Waals surface area contributed by atoms with Crippen molar-refractivity contribution in [1.29, 1.82) is 0 Å². The van der Waals surface area contributed by atoms with Gasteiger partial charge >= 0.3 is 23.9 Å². The Morgan fingerprint density at radius 3 is 1.14 bits per heavy atom. The number of rotatable bonds is 50. The maximum absolute atomic E-state index is 13.1. The number of allylic oxidation sites excluding steroid dienone is 24. The van der Waals surface area contributed by atoms with E-state index in [9.17, 15) is 34.5 Å². The summed E-state index contributed by atoms with van der Waals surface area (Å²) in [7, 11) is 0. The van der Waals surface area contributed by atoms with Gasteiger partial charge in [-0.25, -0.2) is 4.79 Å². The molecule has 1 aliphatic rings. The summed E-state index contributed by atoms with van der Waals surface area (Å²) in [5.41, 5.74) is 0. The minimum absolute atomic E-state index is 0.0285. The second-order valence-electron chi connectivity index (χ2n) is 20.2. The first-order valence-corrected chi connectivity index (χ1v) is 30.8. The Balaban J connectivity index is 2.71. The standard InChI is InChI=1S/C69H106O12/c1-4-7-10-13-16-19-22-25-27-29-31-33-35-38-40-43-46-49-52-55-61(70)77-58-60(79-62(71)56-53-50-47-44-41-37-24-21-18-15-12-9-6-3)59-78-69-67(65(74)64(73)66(81-69)68(75)76)80-63(72)57-54-51-48-45-42-39-36-34-32-30-28-26-23-20-17-14-11-8-5-2/h7-12,16-21,25-28,31-34,37-38,40-41,60,64-67,69,73-74H,4-6,13-15,22-24,29-30,35-36,39,42-59H2,1-3H3,(H,75,76)/b10-7-,11-8-,12-9-,19-16-,20-17-,21-18-,27-25-,28-26-,33-31-,34-32-,40-38-,41-37-. The normalized spacial score (nSPS) is 18.8. The lowest BCUT2D eigenvalue weighted by atomic mass is 9.98. The second kappa shape index (κ2) is 55.2. The summed E-state index contributed by atoms with van der Waals surface area (Å²) in [6.45, 7) is 5.58. The molecular weight excluding hydrogens is 1020 g/mol. The van der Waals surface area contributed by atoms with Gasteiger partial charge in [0, 0.05) is 19.3 Å². The van der Waals surface area contributed by atoms with Crippen molar-refractivity contribution in [2.45, 2.75) is 250 Å². The number of esters is 3. The fraction of sp³-hybridized carbons (Fsp3) is 0.594. The Labute approximate surface area is 489 Å². The van der Waals surface area contributed by atoms with Crippen LogP contribution in [0.3, 0.4) is 0 Å². The van der Waals surface area contributed by atoms with Crippen molar-refractivity contribution < 1.29 is 58.2 Å². The van der Waals surface area contributed by atoms with E-state index in [1.807, 2.05) is 0 Å². The van der Waals surface area contributed by atoms with Crippen molar-refractivity contribution >= 4 is 23.9 Å². The molecule has 81 heavy (non-hydrogen) atoms. The van der Waals surface area contributed by atoms with Crippen molar-refractivity contribution in [3.05, 3.63) is 146 Å². The van der Waals surface area contributed by atoms with Gasteiger partial charge in [-0.3, -0.25) is 14.4 Å². The lowest BCUT2D eigenvalue weighted by Crippen LogP contribution is -2.61. The van der Waals surface area contributed by atoms with Gasteiger partial charge in [-0.2, -0.15) is 0 Å². The highest BCUT2D eigenvalue weighted by Gasteiger charge is 2.50. The molecule has 454 valence electrons. The quantitative estimate of drug-likeness (QED) is 0.0228. The van der Waals surface area contributed by atoms with Crippen molar-refractivity contribution in [3.63, 3.8) is 0 Å². The maximum atomic E-state index is 13.1. The van der Waals surface area contributed by atoms with E-state index >= 15 is 0 Å². The molecule has 6 unspecified atom stereocenters. The Bertz CT molecular complexity index is 1960. The lowest BCUT2D eigenvalue weighted by molar-refractivity contribution is -0.301. The molecule has 0 aromatic heterocycles. The largest absolute Gasteiger partial charge is 0.479 e. The Morgan fingerprint density at radius 1 is 0.407 bits per heavy atom. The molecule has 0 aromatic carbocycles. The fourth-order valence-corrected chi connectivity index (χ4v) is 8.28. The van der Waals surface area contributed by atoms with Crippen molar-refractivity contribution in [1.82, 2.24) is 0 Å². The minimum Gasteiger partial charge on any atom is -0.479 e. The van der Waals surface area contributed by atoms with Crippen LogP contribution >= 0.6 is 0 Å². The zero-order valence-corrected chi connectivity index (χ0v) is 50.0. The van der Waals surface area contributed by atoms with Crippen LogP contribution in [0.4, 0.5) is 0 Å². The molecule has 0 bridgehead atoms. The Hall–Kier alpha value is -5.40. The van der Waals surface area contributed by atoms with E-state index in [4.69, 9.17) is 23.7 Å². The van der Waals surface area contributed by atoms with Crippen molar-refractivity contribution in [2.75, 3.05) is 13.2 Å². The van der Waals surface area contributed by atoms with Gasteiger partial charge in [0.05, 0.1) is 6.61 Å². The number of aliphatic carboxylic acids is 1. The van der Waals surface area contributed by atoms with Gasteiger partial charge in [-0.1, -0.05) is 205 Å². The van der Waals surface area contributed by atoms with Crippen LogP contribution in [0.15, 0.2) is 146 Å². The molecule has 1 aliphatic heterocycles. The molecule has 3 N–H and O–H groups in total. The predicted molar refractivity (Wildman–Crippen MR) is 330 cm³/mol. The zero-order chi connectivity index (χ0) is 58.9. The molecule has 0 aromatic rings. The lowest BCUT2D eigenvalue weighted by Gasteiger charge is -2.40. The number of aliphatic hydroxyl groups is 2. The molecule has 12 heteroatoms. The minimum atomic E-state index is -1.93. The summed E-state index contributed by atoms with van der Waals surface area (Å²) in [5, 5.41) is 31.5. The molecule has 6 atom stereocenters. The molecule has 12 nitrogen and oxygen atoms in total. The highest BCUT2D eigenvalue weighted by Crippen LogP contribution is 2.26. The number of unbranched alkanes of at least 4 members (excludes halogenated alkanes) is 12. The number of hydrogen-bond acceptors (Lipinski definition) is 11. The fourth-order valence-electron chi connectivity index (χ4n) is 8.28. The van der Waals surface area contributed by atoms with Crippen LogP contribution in [0.1, 0.15) is 213 Å². The maximum Gasteiger partial charge on any atom is 0.335 e. The van der Waals surface area contributed by atoms with E-state index < -0.39 is 67.3 Å². The van der Waals surface area contributed by atoms with E-state index in [0.29, 0.717) is 19.3 Å². The summed E-state index contributed by atoms with van der Waals surface area (Å²) in [4.78, 5) is 51.2. The topological polar surface area (TPSA) is 175 Å². The molecule has 0 saturated carbocycles. The predicted octanol–water partition coefficient (Wildman–Crippen LogP) is 16.3. The van der Waals surface area contributed by atoms with E-state index in [1.54, 1.807) is 0 Å². The summed E-state index contributed by atoms with van der Waals surface area (Å²) >= 11 is 0. The highest BCUT2D eigenvalue weighted by molar-refractivity contribution is 5.74. The summed E-state index contributed by atoms with van der Waals surface area (Å²) in [6.07, 6.45) is 66.7. The molecule has 1 saturated heterocycles. The van der Waals surface area contributed by atoms with E-state index in [0.717, 1.165) is 154 Å². The van der Waals surface area contributed by atoms with Crippen molar-refractivity contribution in [2.24, 2.45) is 0 Å². The van der Waals surface area contributed by atoms with Gasteiger partial charge in [0.15, 0.2) is 24.6 Å². The summed E-state index contributed by atoms with van der Waals surface area (Å²) in [6, 6.07) is 0. The SMILES string of the molecule is CC/C=C\C/C=C\C/C=C\C/C=C\C/C=C\CCCCCC(=O)OCC(COC1OC(C(=O)O)C(O)C(O)C1OC(=O)CCCCCCCC/C=C\C/C=C\C/C=C\C/C=C\CC)OC(=O)CCCCC/C=C\C/C=C\C/C=C\CC. The van der Waals surface area contributed by atoms with Gasteiger partial charge in [0.2, 0.25) is 0 Å². The zero-order valence-electron chi connectivity index (χ0n) is 50.0. The number of carboxylic acids is 1. The van der Waals surface area contributed by atoms with Crippen LogP contribution in [-0.2, 0) is 42.9 Å². The number of carboxylic acid groups (broad SMARTS) is 1. The second-order valence-corrected chi connectivity index (χ2v) is 20.2. The van der Waals surface area contributed by atoms with Crippen molar-refractivity contribution in [3.8, 4) is 0 Å². The molecule has 0 spiro atoms. The van der Waals surface area contributed by atoms with E-state index in [-0.39, 0.29) is 25.9 Å². The van der Waals surface area contributed by atoms with E-state index in [1.165, 1.54) is 0 Å². The Kier molecular flexibility index (Phi) is 50.1. The third-order valence-corrected chi connectivity index (χ3v) is 12.9. The summed E-state index contributed by atoms with van der Waals surface area (Å²) in [5.74, 6) is -3.25. The molecule has 0 aliphatic carbocycles. The van der Waals surface area contributed by atoms with E-state index in [2.05, 4.69) is 167 Å². The number of ether oxygens (including phenoxy) is 5. The van der Waals surface area contributed by atoms with Gasteiger partial charge in [-0.15, -0.1) is 0 Å². The van der Waals surface area contributed by atoms with Gasteiger partial charge in [-0.05, 0) is 135 Å². The molecule has 1 rings (SSSR count). The number of carbonyl (C=O) groups is 4. The third-order valence-electron chi connectivity index (χ3n) is 12.9. The average Bonchev–Trinajstić information content (AvgIpc) is 3.45. The van der Waals surface area contributed by atoms with Crippen LogP contribution in [0, 0.1) is 0 Å². The molecule has 0 radical (unpaired) electrons. The number of hydrogen-bond donors (Lipinski definition) is 3. The van der Waals surface area contributed by atoms with Gasteiger partial charge in [0.1, 0.15) is 18.8 Å². The Morgan fingerprint density at radius 2 is 0.741 bits per heavy atom. The monoisotopic (exact) mass is 1130 g/mol. The summed E-state index contributed by atoms with van der Waals surface area (Å²) < 4.78 is 28.4. The third kappa shape index (κ3) is 44.9. The van der Waals surface area contributed by atoms with Crippen LogP contribution in [0.25, 0.3) is 0 Å². The van der Waals surface area contributed by atoms with Crippen LogP contribution in [0.5, 0.6) is 0 Å². The first kappa shape index (κ1) is 73.6. The number of aliphatic hydroxyl groups excluding tert-OH is 2. The molecule has 1 fully saturated rings. The number of carbonyl (C=O) groups excluding carboxylic acids is 3.